The van der Waals surface area contributed by atoms with Crippen molar-refractivity contribution in [3.8, 4) is 11.1 Å². The maximum atomic E-state index is 3.66. The molecule has 0 N–H and O–H groups in total. The molecule has 0 amide bonds. The van der Waals surface area contributed by atoms with E-state index in [9.17, 15) is 0 Å². The molecule has 0 aliphatic heterocycles. The maximum absolute atomic E-state index is 3.66. The second-order valence-corrected chi connectivity index (χ2v) is 6.93. The Balaban J connectivity index is 2.33. The molecule has 102 valence electrons. The van der Waals surface area contributed by atoms with Crippen LogP contribution >= 0.6 is 15.9 Å². The first-order valence-electron chi connectivity index (χ1n) is 7.03. The number of hydrogen-bond donors (Lipinski definition) is 0. The minimum Gasteiger partial charge on any atom is -0.0563 e. The molecule has 0 saturated heterocycles. The molecular formula is C19H19Br. The van der Waals surface area contributed by atoms with E-state index in [0.29, 0.717) is 0 Å². The summed E-state index contributed by atoms with van der Waals surface area (Å²) in [5, 5.41) is 0. The van der Waals surface area contributed by atoms with Crippen LogP contribution in [0.25, 0.3) is 17.2 Å². The summed E-state index contributed by atoms with van der Waals surface area (Å²) in [5.74, 6) is 0. The molecule has 0 heterocycles. The SMILES string of the molecule is Cc1cc(C)cc(-c2c(C)c(C)cc3c2C=C(Br)C3)c1. The third-order valence-electron chi connectivity index (χ3n) is 4.14. The van der Waals surface area contributed by atoms with Crippen LogP contribution in [0.5, 0.6) is 0 Å². The average molecular weight is 327 g/mol. The molecule has 2 aromatic carbocycles. The molecular weight excluding hydrogens is 308 g/mol. The van der Waals surface area contributed by atoms with Crippen molar-refractivity contribution in [3.63, 3.8) is 0 Å². The van der Waals surface area contributed by atoms with Gasteiger partial charge >= 0.3 is 0 Å². The summed E-state index contributed by atoms with van der Waals surface area (Å²) in [7, 11) is 0. The Morgan fingerprint density at radius 1 is 0.900 bits per heavy atom. The number of fused-ring (bicyclic) bond motifs is 1. The van der Waals surface area contributed by atoms with E-state index in [2.05, 4.69) is 74.0 Å². The minimum atomic E-state index is 1.02. The third-order valence-corrected chi connectivity index (χ3v) is 4.65. The van der Waals surface area contributed by atoms with E-state index in [1.54, 1.807) is 0 Å². The fourth-order valence-corrected chi connectivity index (χ4v) is 3.73. The lowest BCUT2D eigenvalue weighted by Gasteiger charge is -2.16. The number of benzene rings is 2. The van der Waals surface area contributed by atoms with Gasteiger partial charge in [0.2, 0.25) is 0 Å². The standard InChI is InChI=1S/C19H19Br/c1-11-5-12(2)7-16(6-11)19-14(4)13(3)8-15-9-17(20)10-18(15)19/h5-8,10H,9H2,1-4H3. The number of hydrogen-bond acceptors (Lipinski definition) is 0. The highest BCUT2D eigenvalue weighted by atomic mass is 79.9. The molecule has 0 radical (unpaired) electrons. The largest absolute Gasteiger partial charge is 0.0563 e. The quantitative estimate of drug-likeness (QED) is 0.613. The highest BCUT2D eigenvalue weighted by Crippen LogP contribution is 2.39. The Hall–Kier alpha value is -1.34. The molecule has 2 aromatic rings. The predicted octanol–water partition coefficient (Wildman–Crippen LogP) is 5.88. The van der Waals surface area contributed by atoms with Crippen molar-refractivity contribution in [3.05, 3.63) is 62.1 Å². The van der Waals surface area contributed by atoms with Gasteiger partial charge in [-0.15, -0.1) is 0 Å². The van der Waals surface area contributed by atoms with E-state index in [4.69, 9.17) is 0 Å². The molecule has 0 unspecified atom stereocenters. The van der Waals surface area contributed by atoms with E-state index in [1.807, 2.05) is 0 Å². The molecule has 0 atom stereocenters. The van der Waals surface area contributed by atoms with Gasteiger partial charge in [0.1, 0.15) is 0 Å². The molecule has 1 aliphatic carbocycles. The van der Waals surface area contributed by atoms with Crippen LogP contribution in [0.1, 0.15) is 33.4 Å². The lowest BCUT2D eigenvalue weighted by Crippen LogP contribution is -1.96. The second-order valence-electron chi connectivity index (χ2n) is 5.91. The van der Waals surface area contributed by atoms with Crippen LogP contribution < -0.4 is 0 Å². The van der Waals surface area contributed by atoms with E-state index in [-0.39, 0.29) is 0 Å². The monoisotopic (exact) mass is 326 g/mol. The fourth-order valence-electron chi connectivity index (χ4n) is 3.20. The first-order valence-corrected chi connectivity index (χ1v) is 7.83. The van der Waals surface area contributed by atoms with E-state index in [1.165, 1.54) is 49.0 Å². The van der Waals surface area contributed by atoms with Gasteiger partial charge in [-0.05, 0) is 67.2 Å². The van der Waals surface area contributed by atoms with Crippen molar-refractivity contribution in [2.24, 2.45) is 0 Å². The first kappa shape index (κ1) is 13.6. The zero-order chi connectivity index (χ0) is 14.4. The highest BCUT2D eigenvalue weighted by Gasteiger charge is 2.19. The zero-order valence-corrected chi connectivity index (χ0v) is 14.1. The summed E-state index contributed by atoms with van der Waals surface area (Å²) in [6.07, 6.45) is 3.31. The summed E-state index contributed by atoms with van der Waals surface area (Å²) >= 11 is 3.66. The van der Waals surface area contributed by atoms with Gasteiger partial charge < -0.3 is 0 Å². The summed E-state index contributed by atoms with van der Waals surface area (Å²) in [4.78, 5) is 0. The van der Waals surface area contributed by atoms with Gasteiger partial charge in [-0.25, -0.2) is 0 Å². The Bertz CT molecular complexity index is 716. The van der Waals surface area contributed by atoms with Crippen LogP contribution in [0.3, 0.4) is 0 Å². The van der Waals surface area contributed by atoms with Crippen LogP contribution in [-0.4, -0.2) is 0 Å². The van der Waals surface area contributed by atoms with Crippen LogP contribution in [0, 0.1) is 27.7 Å². The summed E-state index contributed by atoms with van der Waals surface area (Å²) < 4.78 is 1.28. The molecule has 0 saturated carbocycles. The fraction of sp³-hybridized carbons (Fsp3) is 0.263. The predicted molar refractivity (Wildman–Crippen MR) is 91.4 cm³/mol. The maximum Gasteiger partial charge on any atom is 0.00471 e. The lowest BCUT2D eigenvalue weighted by molar-refractivity contribution is 1.24. The average Bonchev–Trinajstić information content (AvgIpc) is 2.69. The van der Waals surface area contributed by atoms with Gasteiger partial charge in [0.25, 0.3) is 0 Å². The van der Waals surface area contributed by atoms with Crippen molar-refractivity contribution in [2.75, 3.05) is 0 Å². The molecule has 1 aliphatic rings. The Kier molecular flexibility index (Phi) is 3.33. The molecule has 0 nitrogen and oxygen atoms in total. The lowest BCUT2D eigenvalue weighted by atomic mass is 9.88. The van der Waals surface area contributed by atoms with Gasteiger partial charge in [-0.3, -0.25) is 0 Å². The first-order chi connectivity index (χ1) is 9.45. The van der Waals surface area contributed by atoms with E-state index < -0.39 is 0 Å². The molecule has 1 heteroatoms. The zero-order valence-electron chi connectivity index (χ0n) is 12.5. The van der Waals surface area contributed by atoms with Crippen LogP contribution in [0.15, 0.2) is 28.7 Å². The highest BCUT2D eigenvalue weighted by molar-refractivity contribution is 9.11. The topological polar surface area (TPSA) is 0 Å². The van der Waals surface area contributed by atoms with Crippen molar-refractivity contribution in [1.82, 2.24) is 0 Å². The summed E-state index contributed by atoms with van der Waals surface area (Å²) in [6, 6.07) is 9.17. The number of allylic oxidation sites excluding steroid dienone is 1. The van der Waals surface area contributed by atoms with Gasteiger partial charge in [-0.2, -0.15) is 0 Å². The van der Waals surface area contributed by atoms with Gasteiger partial charge in [0.05, 0.1) is 0 Å². The molecule has 20 heavy (non-hydrogen) atoms. The molecule has 3 rings (SSSR count). The molecule has 0 fully saturated rings. The second kappa shape index (κ2) is 4.89. The summed E-state index contributed by atoms with van der Waals surface area (Å²) in [6.45, 7) is 8.80. The normalized spacial score (nSPS) is 13.3. The van der Waals surface area contributed by atoms with Crippen LogP contribution in [0.4, 0.5) is 0 Å². The van der Waals surface area contributed by atoms with Gasteiger partial charge in [-0.1, -0.05) is 51.3 Å². The Morgan fingerprint density at radius 3 is 2.20 bits per heavy atom. The van der Waals surface area contributed by atoms with Gasteiger partial charge in [0.15, 0.2) is 0 Å². The number of halogens is 1. The van der Waals surface area contributed by atoms with E-state index >= 15 is 0 Å². The van der Waals surface area contributed by atoms with Crippen molar-refractivity contribution in [1.29, 1.82) is 0 Å². The number of aryl methyl sites for hydroxylation is 3. The molecule has 0 spiro atoms. The number of rotatable bonds is 1. The van der Waals surface area contributed by atoms with Crippen molar-refractivity contribution < 1.29 is 0 Å². The van der Waals surface area contributed by atoms with E-state index in [0.717, 1.165) is 6.42 Å². The van der Waals surface area contributed by atoms with Crippen molar-refractivity contribution in [2.45, 2.75) is 34.1 Å². The minimum absolute atomic E-state index is 1.02. The molecule has 0 aromatic heterocycles. The van der Waals surface area contributed by atoms with Crippen LogP contribution in [-0.2, 0) is 6.42 Å². The smallest absolute Gasteiger partial charge is 0.00471 e. The third kappa shape index (κ3) is 2.25. The van der Waals surface area contributed by atoms with Crippen molar-refractivity contribution >= 4 is 22.0 Å². The van der Waals surface area contributed by atoms with Crippen LogP contribution in [0.2, 0.25) is 0 Å². The van der Waals surface area contributed by atoms with Gasteiger partial charge in [0, 0.05) is 10.9 Å². The Labute approximate surface area is 129 Å². The molecule has 0 bridgehead atoms. The Morgan fingerprint density at radius 2 is 1.55 bits per heavy atom. The summed E-state index contributed by atoms with van der Waals surface area (Å²) in [5.41, 5.74) is 11.0.